The summed E-state index contributed by atoms with van der Waals surface area (Å²) in [5.74, 6) is 0.760. The molecule has 128 valence electrons. The van der Waals surface area contributed by atoms with Crippen LogP contribution >= 0.6 is 34.4 Å². The number of aromatic nitrogens is 2. The van der Waals surface area contributed by atoms with Crippen molar-refractivity contribution in [1.82, 2.24) is 9.55 Å². The summed E-state index contributed by atoms with van der Waals surface area (Å²) in [6.45, 7) is 0. The van der Waals surface area contributed by atoms with Gasteiger partial charge >= 0.3 is 0 Å². The van der Waals surface area contributed by atoms with Crippen molar-refractivity contribution in [2.24, 2.45) is 0 Å². The third kappa shape index (κ3) is 3.54. The molecule has 3 nitrogen and oxygen atoms in total. The highest BCUT2D eigenvalue weighted by molar-refractivity contribution is 14.1. The van der Waals surface area contributed by atoms with Gasteiger partial charge in [-0.2, -0.15) is 0 Å². The number of thioether (sulfide) groups is 1. The monoisotopic (exact) mass is 470 g/mol. The first-order valence-corrected chi connectivity index (χ1v) is 10.2. The third-order valence-corrected chi connectivity index (χ3v) is 5.71. The lowest BCUT2D eigenvalue weighted by Crippen LogP contribution is -2.21. The second-order valence-electron chi connectivity index (χ2n) is 5.81. The van der Waals surface area contributed by atoms with Crippen molar-refractivity contribution < 1.29 is 0 Å². The Kier molecular flexibility index (Phi) is 5.08. The molecule has 0 amide bonds. The van der Waals surface area contributed by atoms with Gasteiger partial charge in [0.15, 0.2) is 5.16 Å². The van der Waals surface area contributed by atoms with E-state index in [1.165, 1.54) is 5.56 Å². The summed E-state index contributed by atoms with van der Waals surface area (Å²) in [6.07, 6.45) is 0. The second-order valence-corrected chi connectivity index (χ2v) is 7.99. The van der Waals surface area contributed by atoms with Gasteiger partial charge in [0.2, 0.25) is 0 Å². The zero-order valence-electron chi connectivity index (χ0n) is 13.8. The number of halogens is 1. The largest absolute Gasteiger partial charge is 0.268 e. The molecule has 0 bridgehead atoms. The van der Waals surface area contributed by atoms with Gasteiger partial charge in [-0.05, 0) is 58.5 Å². The number of hydrogen-bond acceptors (Lipinski definition) is 3. The lowest BCUT2D eigenvalue weighted by atomic mass is 10.2. The van der Waals surface area contributed by atoms with Gasteiger partial charge in [-0.1, -0.05) is 60.3 Å². The van der Waals surface area contributed by atoms with Crippen molar-refractivity contribution >= 4 is 45.3 Å². The molecule has 0 fully saturated rings. The van der Waals surface area contributed by atoms with Gasteiger partial charge in [-0.25, -0.2) is 4.98 Å². The van der Waals surface area contributed by atoms with Gasteiger partial charge < -0.3 is 0 Å². The molecule has 3 aromatic carbocycles. The first kappa shape index (κ1) is 17.3. The number of benzene rings is 3. The Morgan fingerprint density at radius 1 is 0.923 bits per heavy atom. The van der Waals surface area contributed by atoms with E-state index in [0.29, 0.717) is 10.5 Å². The molecule has 5 heteroatoms. The fourth-order valence-corrected chi connectivity index (χ4v) is 4.22. The molecular formula is C21H15IN2OS. The van der Waals surface area contributed by atoms with Gasteiger partial charge in [0, 0.05) is 9.32 Å². The van der Waals surface area contributed by atoms with Crippen LogP contribution in [0.2, 0.25) is 0 Å². The molecular weight excluding hydrogens is 455 g/mol. The van der Waals surface area contributed by atoms with E-state index in [9.17, 15) is 4.79 Å². The maximum atomic E-state index is 13.2. The Balaban J connectivity index is 1.87. The van der Waals surface area contributed by atoms with Crippen LogP contribution in [-0.4, -0.2) is 9.55 Å². The fraction of sp³-hybridized carbons (Fsp3) is 0.0476. The van der Waals surface area contributed by atoms with E-state index in [0.717, 1.165) is 20.5 Å². The van der Waals surface area contributed by atoms with Gasteiger partial charge in [0.05, 0.1) is 16.6 Å². The lowest BCUT2D eigenvalue weighted by molar-refractivity contribution is 0.819. The average molecular weight is 470 g/mol. The quantitative estimate of drug-likeness (QED) is 0.231. The fourth-order valence-electron chi connectivity index (χ4n) is 2.76. The van der Waals surface area contributed by atoms with E-state index in [-0.39, 0.29) is 5.56 Å². The molecule has 0 atom stereocenters. The van der Waals surface area contributed by atoms with Gasteiger partial charge in [0.25, 0.3) is 5.56 Å². The Bertz CT molecular complexity index is 1110. The predicted molar refractivity (Wildman–Crippen MR) is 116 cm³/mol. The first-order valence-electron chi connectivity index (χ1n) is 8.17. The summed E-state index contributed by atoms with van der Waals surface area (Å²) in [7, 11) is 0. The van der Waals surface area contributed by atoms with Crippen molar-refractivity contribution in [3.8, 4) is 5.69 Å². The molecule has 0 aliphatic carbocycles. The Morgan fingerprint density at radius 2 is 1.62 bits per heavy atom. The van der Waals surface area contributed by atoms with Crippen LogP contribution in [0.1, 0.15) is 5.56 Å². The SMILES string of the molecule is O=c1c2cc(I)ccc2nc(SCc2ccccc2)n1-c1ccccc1. The minimum Gasteiger partial charge on any atom is -0.268 e. The van der Waals surface area contributed by atoms with Crippen LogP contribution in [0.15, 0.2) is 88.8 Å². The normalized spacial score (nSPS) is 11.0. The Hall–Kier alpha value is -2.12. The molecule has 1 heterocycles. The maximum Gasteiger partial charge on any atom is 0.266 e. The van der Waals surface area contributed by atoms with Gasteiger partial charge in [0.1, 0.15) is 0 Å². The molecule has 4 rings (SSSR count). The highest BCUT2D eigenvalue weighted by Gasteiger charge is 2.13. The van der Waals surface area contributed by atoms with Crippen molar-refractivity contribution in [1.29, 1.82) is 0 Å². The molecule has 0 aliphatic heterocycles. The number of fused-ring (bicyclic) bond motifs is 1. The summed E-state index contributed by atoms with van der Waals surface area (Å²) in [5, 5.41) is 1.35. The van der Waals surface area contributed by atoms with Crippen LogP contribution in [-0.2, 0) is 5.75 Å². The van der Waals surface area contributed by atoms with Crippen LogP contribution in [0.4, 0.5) is 0 Å². The van der Waals surface area contributed by atoms with Crippen LogP contribution in [0.25, 0.3) is 16.6 Å². The van der Waals surface area contributed by atoms with Gasteiger partial charge in [-0.15, -0.1) is 0 Å². The summed E-state index contributed by atoms with van der Waals surface area (Å²) < 4.78 is 2.74. The molecule has 0 saturated heterocycles. The molecule has 0 unspecified atom stereocenters. The van der Waals surface area contributed by atoms with E-state index >= 15 is 0 Å². The summed E-state index contributed by atoms with van der Waals surface area (Å²) in [5.41, 5.74) is 2.74. The maximum absolute atomic E-state index is 13.2. The first-order chi connectivity index (χ1) is 12.7. The highest BCUT2D eigenvalue weighted by Crippen LogP contribution is 2.25. The molecule has 0 spiro atoms. The second kappa shape index (κ2) is 7.63. The molecule has 0 saturated carbocycles. The number of hydrogen-bond donors (Lipinski definition) is 0. The minimum atomic E-state index is -0.0322. The molecule has 0 radical (unpaired) electrons. The smallest absolute Gasteiger partial charge is 0.266 e. The number of nitrogens with zero attached hydrogens (tertiary/aromatic N) is 2. The number of para-hydroxylation sites is 1. The molecule has 0 aliphatic rings. The van der Waals surface area contributed by atoms with Crippen molar-refractivity contribution in [3.05, 3.63) is 98.4 Å². The minimum absolute atomic E-state index is 0.0322. The summed E-state index contributed by atoms with van der Waals surface area (Å²) in [4.78, 5) is 18.0. The third-order valence-electron chi connectivity index (χ3n) is 4.02. The van der Waals surface area contributed by atoms with Crippen LogP contribution in [0.3, 0.4) is 0 Å². The average Bonchev–Trinajstić information content (AvgIpc) is 2.68. The van der Waals surface area contributed by atoms with Crippen LogP contribution in [0.5, 0.6) is 0 Å². The number of rotatable bonds is 4. The molecule has 4 aromatic rings. The highest BCUT2D eigenvalue weighted by atomic mass is 127. The summed E-state index contributed by atoms with van der Waals surface area (Å²) >= 11 is 3.80. The van der Waals surface area contributed by atoms with Crippen LogP contribution in [0, 0.1) is 3.57 Å². The molecule has 0 N–H and O–H groups in total. The standard InChI is InChI=1S/C21H15IN2OS/c22-16-11-12-19-18(13-16)20(25)24(17-9-5-2-6-10-17)21(23-19)26-14-15-7-3-1-4-8-15/h1-13H,14H2. The van der Waals surface area contributed by atoms with E-state index in [1.807, 2.05) is 66.7 Å². The summed E-state index contributed by atoms with van der Waals surface area (Å²) in [6, 6.07) is 25.7. The van der Waals surface area contributed by atoms with E-state index in [1.54, 1.807) is 16.3 Å². The zero-order valence-corrected chi connectivity index (χ0v) is 16.8. The zero-order chi connectivity index (χ0) is 17.9. The van der Waals surface area contributed by atoms with Crippen molar-refractivity contribution in [2.75, 3.05) is 0 Å². The van der Waals surface area contributed by atoms with E-state index in [2.05, 4.69) is 34.7 Å². The van der Waals surface area contributed by atoms with Crippen molar-refractivity contribution in [3.63, 3.8) is 0 Å². The molecule has 1 aromatic heterocycles. The Labute approximate surface area is 169 Å². The van der Waals surface area contributed by atoms with E-state index in [4.69, 9.17) is 4.98 Å². The molecule has 26 heavy (non-hydrogen) atoms. The predicted octanol–water partition coefficient (Wildman–Crippen LogP) is 5.28. The lowest BCUT2D eigenvalue weighted by Gasteiger charge is -2.13. The van der Waals surface area contributed by atoms with Crippen molar-refractivity contribution in [2.45, 2.75) is 10.9 Å². The topological polar surface area (TPSA) is 34.9 Å². The Morgan fingerprint density at radius 3 is 2.35 bits per heavy atom. The van der Waals surface area contributed by atoms with Gasteiger partial charge in [-0.3, -0.25) is 9.36 Å². The van der Waals surface area contributed by atoms with E-state index < -0.39 is 0 Å². The van der Waals surface area contributed by atoms with Crippen LogP contribution < -0.4 is 5.56 Å².